The molecule has 0 radical (unpaired) electrons. The van der Waals surface area contributed by atoms with Crippen LogP contribution < -0.4 is 10.6 Å². The van der Waals surface area contributed by atoms with Crippen LogP contribution >= 0.6 is 24.0 Å². The molecule has 2 heterocycles. The Morgan fingerprint density at radius 1 is 1.33 bits per heavy atom. The monoisotopic (exact) mass is 484 g/mol. The van der Waals surface area contributed by atoms with Gasteiger partial charge in [-0.3, -0.25) is 9.89 Å². The number of imidazole rings is 1. The standard InChI is InChI=1S/C19H25FN6.HI/c1-21-19(24-15-6-8-25(12-15)16-3-4-16)23-11-14-2-5-18(17(20)10-14)26-9-7-22-13-26;/h2,5,7,9-10,13,15-16H,3-4,6,8,11-12H2,1H3,(H2,21,23,24);1H. The fourth-order valence-corrected chi connectivity index (χ4v) is 3.52. The Kier molecular flexibility index (Phi) is 6.69. The second-order valence-electron chi connectivity index (χ2n) is 7.04. The van der Waals surface area contributed by atoms with Crippen molar-refractivity contribution < 1.29 is 4.39 Å². The first-order valence-corrected chi connectivity index (χ1v) is 9.21. The normalized spacial score (nSPS) is 20.4. The topological polar surface area (TPSA) is 57.5 Å². The molecule has 1 aromatic heterocycles. The number of aliphatic imine (C=N–C) groups is 1. The molecule has 6 nitrogen and oxygen atoms in total. The zero-order valence-corrected chi connectivity index (χ0v) is 17.8. The lowest BCUT2D eigenvalue weighted by Gasteiger charge is -2.18. The molecule has 1 saturated heterocycles. The van der Waals surface area contributed by atoms with Crippen LogP contribution in [-0.2, 0) is 6.54 Å². The minimum Gasteiger partial charge on any atom is -0.352 e. The molecule has 2 N–H and O–H groups in total. The molecule has 1 aliphatic heterocycles. The van der Waals surface area contributed by atoms with Crippen molar-refractivity contribution in [1.82, 2.24) is 25.1 Å². The van der Waals surface area contributed by atoms with Gasteiger partial charge in [-0.2, -0.15) is 0 Å². The second-order valence-corrected chi connectivity index (χ2v) is 7.04. The largest absolute Gasteiger partial charge is 0.352 e. The smallest absolute Gasteiger partial charge is 0.191 e. The molecule has 1 saturated carbocycles. The van der Waals surface area contributed by atoms with E-state index in [1.807, 2.05) is 6.07 Å². The van der Waals surface area contributed by atoms with Crippen LogP contribution in [0.25, 0.3) is 5.69 Å². The number of guanidine groups is 1. The van der Waals surface area contributed by atoms with Gasteiger partial charge in [-0.25, -0.2) is 9.37 Å². The molecule has 1 atom stereocenters. The SMILES string of the molecule is CN=C(NCc1ccc(-n2ccnc2)c(F)c1)NC1CCN(C2CC2)C1.I. The molecular formula is C19H26FIN6. The molecule has 27 heavy (non-hydrogen) atoms. The van der Waals surface area contributed by atoms with Crippen LogP contribution in [0.2, 0.25) is 0 Å². The van der Waals surface area contributed by atoms with Crippen molar-refractivity contribution in [3.63, 3.8) is 0 Å². The highest BCUT2D eigenvalue weighted by Gasteiger charge is 2.34. The maximum Gasteiger partial charge on any atom is 0.191 e. The Balaban J connectivity index is 0.00000210. The van der Waals surface area contributed by atoms with E-state index < -0.39 is 0 Å². The Labute approximate surface area is 176 Å². The highest BCUT2D eigenvalue weighted by molar-refractivity contribution is 14.0. The van der Waals surface area contributed by atoms with Crippen molar-refractivity contribution in [3.05, 3.63) is 48.3 Å². The summed E-state index contributed by atoms with van der Waals surface area (Å²) in [7, 11) is 1.77. The summed E-state index contributed by atoms with van der Waals surface area (Å²) in [4.78, 5) is 10.8. The predicted octanol–water partition coefficient (Wildman–Crippen LogP) is 2.53. The van der Waals surface area contributed by atoms with E-state index in [1.165, 1.54) is 19.4 Å². The molecule has 2 aliphatic rings. The second kappa shape index (κ2) is 9.01. The lowest BCUT2D eigenvalue weighted by Crippen LogP contribution is -2.44. The van der Waals surface area contributed by atoms with Gasteiger partial charge in [0.25, 0.3) is 0 Å². The number of hydrogen-bond acceptors (Lipinski definition) is 3. The molecule has 146 valence electrons. The van der Waals surface area contributed by atoms with E-state index in [4.69, 9.17) is 0 Å². The Hall–Kier alpha value is -1.68. The van der Waals surface area contributed by atoms with Crippen molar-refractivity contribution in [1.29, 1.82) is 0 Å². The van der Waals surface area contributed by atoms with Crippen LogP contribution in [0.4, 0.5) is 4.39 Å². The highest BCUT2D eigenvalue weighted by atomic mass is 127. The number of halogens is 2. The van der Waals surface area contributed by atoms with Gasteiger partial charge in [0.15, 0.2) is 5.96 Å². The summed E-state index contributed by atoms with van der Waals surface area (Å²) in [5.41, 5.74) is 1.38. The van der Waals surface area contributed by atoms with E-state index in [1.54, 1.807) is 42.5 Å². The molecular weight excluding hydrogens is 458 g/mol. The van der Waals surface area contributed by atoms with Crippen LogP contribution in [0.15, 0.2) is 41.9 Å². The van der Waals surface area contributed by atoms with Crippen LogP contribution in [0.1, 0.15) is 24.8 Å². The number of likely N-dealkylation sites (tertiary alicyclic amines) is 1. The lowest BCUT2D eigenvalue weighted by molar-refractivity contribution is 0.321. The maximum atomic E-state index is 14.3. The molecule has 2 aromatic rings. The molecule has 0 bridgehead atoms. The van der Waals surface area contributed by atoms with E-state index in [9.17, 15) is 4.39 Å². The van der Waals surface area contributed by atoms with Gasteiger partial charge < -0.3 is 15.2 Å². The van der Waals surface area contributed by atoms with E-state index in [0.717, 1.165) is 30.5 Å². The molecule has 1 unspecified atom stereocenters. The first-order valence-electron chi connectivity index (χ1n) is 9.21. The van der Waals surface area contributed by atoms with Crippen molar-refractivity contribution >= 4 is 29.9 Å². The molecule has 2 fully saturated rings. The zero-order valence-electron chi connectivity index (χ0n) is 15.4. The molecule has 0 spiro atoms. The maximum absolute atomic E-state index is 14.3. The molecule has 4 rings (SSSR count). The van der Waals surface area contributed by atoms with Crippen molar-refractivity contribution in [2.24, 2.45) is 4.99 Å². The third-order valence-electron chi connectivity index (χ3n) is 5.10. The van der Waals surface area contributed by atoms with Gasteiger partial charge in [-0.15, -0.1) is 24.0 Å². The van der Waals surface area contributed by atoms with E-state index >= 15 is 0 Å². The third kappa shape index (κ3) is 4.98. The number of rotatable bonds is 5. The van der Waals surface area contributed by atoms with Crippen LogP contribution in [0, 0.1) is 5.82 Å². The van der Waals surface area contributed by atoms with Gasteiger partial charge >= 0.3 is 0 Å². The molecule has 0 amide bonds. The lowest BCUT2D eigenvalue weighted by atomic mass is 10.2. The Bertz CT molecular complexity index is 775. The summed E-state index contributed by atoms with van der Waals surface area (Å²) in [6, 6.07) is 6.49. The first kappa shape index (κ1) is 20.1. The molecule has 8 heteroatoms. The van der Waals surface area contributed by atoms with Gasteiger partial charge in [0, 0.05) is 51.2 Å². The Morgan fingerprint density at radius 3 is 2.85 bits per heavy atom. The van der Waals surface area contributed by atoms with Gasteiger partial charge in [0.05, 0.1) is 12.0 Å². The predicted molar refractivity (Wildman–Crippen MR) is 115 cm³/mol. The summed E-state index contributed by atoms with van der Waals surface area (Å²) in [6.07, 6.45) is 8.80. The van der Waals surface area contributed by atoms with Gasteiger partial charge in [-0.05, 0) is 37.0 Å². The summed E-state index contributed by atoms with van der Waals surface area (Å²) < 4.78 is 16.0. The van der Waals surface area contributed by atoms with Crippen molar-refractivity contribution in [2.75, 3.05) is 20.1 Å². The number of nitrogens with one attached hydrogen (secondary N) is 2. The van der Waals surface area contributed by atoms with Crippen LogP contribution in [0.3, 0.4) is 0 Å². The highest BCUT2D eigenvalue weighted by Crippen LogP contribution is 2.29. The number of nitrogens with zero attached hydrogens (tertiary/aromatic N) is 4. The third-order valence-corrected chi connectivity index (χ3v) is 5.10. The summed E-state index contributed by atoms with van der Waals surface area (Å²) in [5, 5.41) is 6.78. The number of benzene rings is 1. The average molecular weight is 484 g/mol. The van der Waals surface area contributed by atoms with Gasteiger partial charge in [0.1, 0.15) is 5.82 Å². The molecule has 1 aliphatic carbocycles. The minimum atomic E-state index is -0.263. The Morgan fingerprint density at radius 2 is 2.19 bits per heavy atom. The quantitative estimate of drug-likeness (QED) is 0.389. The first-order chi connectivity index (χ1) is 12.7. The zero-order chi connectivity index (χ0) is 17.9. The van der Waals surface area contributed by atoms with Gasteiger partial charge in [-0.1, -0.05) is 6.07 Å². The van der Waals surface area contributed by atoms with Gasteiger partial charge in [0.2, 0.25) is 0 Å². The van der Waals surface area contributed by atoms with Crippen molar-refractivity contribution in [3.8, 4) is 5.69 Å². The minimum absolute atomic E-state index is 0. The fourth-order valence-electron chi connectivity index (χ4n) is 3.52. The molecule has 1 aromatic carbocycles. The fraction of sp³-hybridized carbons (Fsp3) is 0.474. The number of hydrogen-bond donors (Lipinski definition) is 2. The van der Waals surface area contributed by atoms with E-state index in [0.29, 0.717) is 18.3 Å². The van der Waals surface area contributed by atoms with E-state index in [2.05, 4.69) is 25.5 Å². The summed E-state index contributed by atoms with van der Waals surface area (Å²) in [5.74, 6) is 0.507. The van der Waals surface area contributed by atoms with E-state index in [-0.39, 0.29) is 29.8 Å². The summed E-state index contributed by atoms with van der Waals surface area (Å²) in [6.45, 7) is 2.78. The number of aromatic nitrogens is 2. The summed E-state index contributed by atoms with van der Waals surface area (Å²) >= 11 is 0. The van der Waals surface area contributed by atoms with Crippen LogP contribution in [-0.4, -0.2) is 52.6 Å². The van der Waals surface area contributed by atoms with Crippen LogP contribution in [0.5, 0.6) is 0 Å². The van der Waals surface area contributed by atoms with Crippen molar-refractivity contribution in [2.45, 2.75) is 37.9 Å². The average Bonchev–Trinajstić information content (AvgIpc) is 3.16.